The molecule has 0 aromatic heterocycles. The van der Waals surface area contributed by atoms with Crippen molar-refractivity contribution in [2.45, 2.75) is 45.1 Å². The van der Waals surface area contributed by atoms with Gasteiger partial charge in [0.1, 0.15) is 11.6 Å². The number of phenols is 1. The van der Waals surface area contributed by atoms with Crippen LogP contribution in [0.4, 0.5) is 5.69 Å². The molecule has 7 nitrogen and oxygen atoms in total. The van der Waals surface area contributed by atoms with Gasteiger partial charge < -0.3 is 27.2 Å². The van der Waals surface area contributed by atoms with E-state index in [1.165, 1.54) is 31.9 Å². The molecule has 1 aliphatic carbocycles. The number of nitrogens with two attached hydrogens (primary N) is 2. The topological polar surface area (TPSA) is 126 Å². The third-order valence-electron chi connectivity index (χ3n) is 5.04. The van der Waals surface area contributed by atoms with Gasteiger partial charge in [-0.3, -0.25) is 9.79 Å². The number of hydrogen-bond acceptors (Lipinski definition) is 6. The zero-order chi connectivity index (χ0) is 24.2. The third-order valence-corrected chi connectivity index (χ3v) is 6.25. The Morgan fingerprint density at radius 1 is 1.18 bits per heavy atom. The van der Waals surface area contributed by atoms with E-state index >= 15 is 0 Å². The van der Waals surface area contributed by atoms with Crippen LogP contribution < -0.4 is 22.1 Å². The lowest BCUT2D eigenvalue weighted by molar-refractivity contribution is 0.0959. The number of nitrogens with one attached hydrogen (secondary N) is 2. The summed E-state index contributed by atoms with van der Waals surface area (Å²) in [6, 6.07) is 10.5. The average molecular weight is 581 g/mol. The van der Waals surface area contributed by atoms with Crippen molar-refractivity contribution in [3.8, 4) is 5.75 Å². The summed E-state index contributed by atoms with van der Waals surface area (Å²) in [5.74, 6) is 0.228. The molecule has 1 saturated carbocycles. The Hall–Kier alpha value is -2.52. The largest absolute Gasteiger partial charge is 0.506 e. The molecule has 1 amide bonds. The number of aliphatic imine (C=N–C) groups is 1. The molecule has 9 heteroatoms. The zero-order valence-corrected chi connectivity index (χ0v) is 21.8. The lowest BCUT2D eigenvalue weighted by atomic mass is 10.0. The summed E-state index contributed by atoms with van der Waals surface area (Å²) >= 11 is 6.67. The van der Waals surface area contributed by atoms with Crippen molar-refractivity contribution in [3.63, 3.8) is 0 Å². The molecule has 0 saturated heterocycles. The highest BCUT2D eigenvalue weighted by Gasteiger charge is 2.12. The van der Waals surface area contributed by atoms with E-state index in [0.717, 1.165) is 12.0 Å². The van der Waals surface area contributed by atoms with Crippen molar-refractivity contribution < 1.29 is 9.90 Å². The van der Waals surface area contributed by atoms with Gasteiger partial charge in [0.2, 0.25) is 0 Å². The number of amides is 1. The summed E-state index contributed by atoms with van der Waals surface area (Å²) in [6.07, 6.45) is 9.70. The summed E-state index contributed by atoms with van der Waals surface area (Å²) in [6.45, 7) is 2.31. The van der Waals surface area contributed by atoms with Crippen molar-refractivity contribution in [2.24, 2.45) is 16.5 Å². The smallest absolute Gasteiger partial charge is 0.251 e. The minimum absolute atomic E-state index is 0.0846. The Morgan fingerprint density at radius 2 is 1.82 bits per heavy atom. The quantitative estimate of drug-likeness (QED) is 0.261. The maximum absolute atomic E-state index is 12.4. The van der Waals surface area contributed by atoms with Gasteiger partial charge in [-0.2, -0.15) is 0 Å². The molecule has 178 valence electrons. The fourth-order valence-corrected chi connectivity index (χ4v) is 4.04. The number of aromatic hydroxyl groups is 1. The molecule has 1 aliphatic rings. The fourth-order valence-electron chi connectivity index (χ4n) is 2.82. The molecule has 1 atom stereocenters. The SMILES string of the molecule is C1CCC1.CCC(N=CCNC(=O)c1cccc(N/C(N)=C\N)c1)c1cc(Br)c(O)c(Br)c1. The summed E-state index contributed by atoms with van der Waals surface area (Å²) in [5, 5.41) is 15.6. The van der Waals surface area contributed by atoms with Crippen molar-refractivity contribution >= 4 is 49.7 Å². The number of benzene rings is 2. The lowest BCUT2D eigenvalue weighted by Gasteiger charge is -2.13. The molecule has 2 aromatic rings. The maximum Gasteiger partial charge on any atom is 0.251 e. The highest BCUT2D eigenvalue weighted by molar-refractivity contribution is 9.11. The first-order valence-electron chi connectivity index (χ1n) is 10.9. The molecule has 2 aromatic carbocycles. The zero-order valence-electron chi connectivity index (χ0n) is 18.7. The molecule has 0 radical (unpaired) electrons. The van der Waals surface area contributed by atoms with Crippen LogP contribution in [0.3, 0.4) is 0 Å². The summed E-state index contributed by atoms with van der Waals surface area (Å²) in [5.41, 5.74) is 13.1. The standard InChI is InChI=1S/C20H23Br2N5O2.C4H8/c1-2-17(13-9-15(21)19(28)16(22)10-13)25-6-7-26-20(29)12-4-3-5-14(8-12)27-18(24)11-23;1-2-4-3-1/h3-6,8-11,17,27-28H,2,7,23-24H2,1H3,(H,26,29);1-4H2/b18-11-,25-6?;. The van der Waals surface area contributed by atoms with Gasteiger partial charge in [-0.15, -0.1) is 0 Å². The average Bonchev–Trinajstić information content (AvgIpc) is 2.76. The molecular formula is C24H31Br2N5O2. The molecule has 0 spiro atoms. The number of phenolic OH excluding ortho intramolecular Hbond substituents is 1. The Morgan fingerprint density at radius 3 is 2.36 bits per heavy atom. The van der Waals surface area contributed by atoms with Gasteiger partial charge in [0.25, 0.3) is 5.91 Å². The predicted octanol–water partition coefficient (Wildman–Crippen LogP) is 5.56. The number of carbonyl (C=O) groups is 1. The monoisotopic (exact) mass is 579 g/mol. The molecule has 1 fully saturated rings. The van der Waals surface area contributed by atoms with E-state index < -0.39 is 0 Å². The second kappa shape index (κ2) is 13.9. The Bertz CT molecular complexity index is 964. The van der Waals surface area contributed by atoms with Crippen LogP contribution in [0.15, 0.2) is 62.4 Å². The number of halogens is 2. The second-order valence-corrected chi connectivity index (χ2v) is 9.25. The van der Waals surface area contributed by atoms with Crippen LogP contribution in [0.2, 0.25) is 0 Å². The summed E-state index contributed by atoms with van der Waals surface area (Å²) in [4.78, 5) is 16.9. The van der Waals surface area contributed by atoms with E-state index in [0.29, 0.717) is 26.0 Å². The van der Waals surface area contributed by atoms with Gasteiger partial charge in [0.15, 0.2) is 0 Å². The van der Waals surface area contributed by atoms with Gasteiger partial charge in [0, 0.05) is 23.7 Å². The molecule has 7 N–H and O–H groups in total. The van der Waals surface area contributed by atoms with Gasteiger partial charge >= 0.3 is 0 Å². The molecule has 0 bridgehead atoms. The van der Waals surface area contributed by atoms with Crippen LogP contribution in [0, 0.1) is 0 Å². The minimum atomic E-state index is -0.224. The van der Waals surface area contributed by atoms with Gasteiger partial charge in [-0.25, -0.2) is 0 Å². The van der Waals surface area contributed by atoms with Gasteiger partial charge in [-0.05, 0) is 74.2 Å². The van der Waals surface area contributed by atoms with E-state index in [1.807, 2.05) is 19.1 Å². The molecule has 0 aliphatic heterocycles. The highest BCUT2D eigenvalue weighted by atomic mass is 79.9. The van der Waals surface area contributed by atoms with Crippen molar-refractivity contribution in [3.05, 3.63) is 68.5 Å². The van der Waals surface area contributed by atoms with E-state index in [2.05, 4.69) is 47.5 Å². The summed E-state index contributed by atoms with van der Waals surface area (Å²) in [7, 11) is 0. The molecule has 1 unspecified atom stereocenters. The van der Waals surface area contributed by atoms with Crippen molar-refractivity contribution in [1.29, 1.82) is 0 Å². The lowest BCUT2D eigenvalue weighted by Crippen LogP contribution is -2.25. The molecular weight excluding hydrogens is 550 g/mol. The van der Waals surface area contributed by atoms with Crippen LogP contribution in [0.5, 0.6) is 5.75 Å². The van der Waals surface area contributed by atoms with E-state index in [1.54, 1.807) is 30.5 Å². The number of carbonyl (C=O) groups excluding carboxylic acids is 1. The number of nitrogens with zero attached hydrogens (tertiary/aromatic N) is 1. The van der Waals surface area contributed by atoms with E-state index in [-0.39, 0.29) is 24.2 Å². The van der Waals surface area contributed by atoms with Crippen molar-refractivity contribution in [1.82, 2.24) is 5.32 Å². The molecule has 0 heterocycles. The highest BCUT2D eigenvalue weighted by Crippen LogP contribution is 2.36. The first kappa shape index (κ1) is 26.7. The third kappa shape index (κ3) is 8.74. The van der Waals surface area contributed by atoms with Gasteiger partial charge in [0.05, 0.1) is 21.5 Å². The molecule has 3 rings (SSSR count). The van der Waals surface area contributed by atoms with Gasteiger partial charge in [-0.1, -0.05) is 38.7 Å². The van der Waals surface area contributed by atoms with Crippen LogP contribution in [0.25, 0.3) is 0 Å². The van der Waals surface area contributed by atoms with Crippen LogP contribution >= 0.6 is 31.9 Å². The minimum Gasteiger partial charge on any atom is -0.506 e. The number of rotatable bonds is 8. The van der Waals surface area contributed by atoms with E-state index in [9.17, 15) is 9.90 Å². The van der Waals surface area contributed by atoms with Crippen LogP contribution in [-0.2, 0) is 0 Å². The maximum atomic E-state index is 12.4. The Balaban J connectivity index is 0.000000866. The Labute approximate surface area is 212 Å². The second-order valence-electron chi connectivity index (χ2n) is 7.54. The predicted molar refractivity (Wildman–Crippen MR) is 142 cm³/mol. The van der Waals surface area contributed by atoms with Crippen molar-refractivity contribution in [2.75, 3.05) is 11.9 Å². The normalized spacial score (nSPS) is 14.1. The first-order valence-corrected chi connectivity index (χ1v) is 12.5. The Kier molecular flexibility index (Phi) is 11.3. The van der Waals surface area contributed by atoms with Crippen LogP contribution in [0.1, 0.15) is 61.0 Å². The number of anilines is 1. The summed E-state index contributed by atoms with van der Waals surface area (Å²) < 4.78 is 1.20. The fraction of sp³-hybridized carbons (Fsp3) is 0.333. The molecule has 33 heavy (non-hydrogen) atoms. The van der Waals surface area contributed by atoms with Crippen LogP contribution in [-0.4, -0.2) is 23.8 Å². The first-order chi connectivity index (χ1) is 15.8. The van der Waals surface area contributed by atoms with E-state index in [4.69, 9.17) is 11.5 Å². The number of hydrogen-bond donors (Lipinski definition) is 5.